The molecule has 2 amide bonds. The van der Waals surface area contributed by atoms with E-state index in [1.807, 2.05) is 81.4 Å². The normalized spacial score (nSPS) is 12.0. The monoisotopic (exact) mass is 579 g/mol. The molecule has 0 spiro atoms. The highest BCUT2D eigenvalue weighted by molar-refractivity contribution is 7.92. The number of amides is 2. The maximum absolute atomic E-state index is 13.8. The van der Waals surface area contributed by atoms with Gasteiger partial charge in [-0.15, -0.1) is 0 Å². The van der Waals surface area contributed by atoms with E-state index in [9.17, 15) is 18.0 Å². The fraction of sp³-hybridized carbons (Fsp3) is 0.375. The number of carbonyl (C=O) groups is 2. The Hall–Kier alpha value is -3.85. The number of hydrogen-bond acceptors (Lipinski definition) is 5. The fourth-order valence-corrected chi connectivity index (χ4v) is 5.23. The molecule has 8 nitrogen and oxygen atoms in total. The van der Waals surface area contributed by atoms with Crippen LogP contribution in [0.5, 0.6) is 5.75 Å². The van der Waals surface area contributed by atoms with Crippen LogP contribution in [0.2, 0.25) is 0 Å². The van der Waals surface area contributed by atoms with Gasteiger partial charge in [-0.05, 0) is 54.2 Å². The Balaban J connectivity index is 1.80. The van der Waals surface area contributed by atoms with Gasteiger partial charge in [-0.1, -0.05) is 81.4 Å². The predicted molar refractivity (Wildman–Crippen MR) is 163 cm³/mol. The van der Waals surface area contributed by atoms with Crippen LogP contribution < -0.4 is 14.4 Å². The lowest BCUT2D eigenvalue weighted by Crippen LogP contribution is -2.53. The van der Waals surface area contributed by atoms with Gasteiger partial charge in [0.2, 0.25) is 21.8 Å². The van der Waals surface area contributed by atoms with E-state index in [1.165, 1.54) is 4.90 Å². The van der Waals surface area contributed by atoms with Crippen LogP contribution in [0.1, 0.15) is 38.3 Å². The number of hydrogen-bond donors (Lipinski definition) is 1. The maximum Gasteiger partial charge on any atom is 0.244 e. The first-order chi connectivity index (χ1) is 19.6. The molecule has 3 rings (SSSR count). The van der Waals surface area contributed by atoms with E-state index in [0.29, 0.717) is 37.4 Å². The molecule has 0 aliphatic rings. The van der Waals surface area contributed by atoms with E-state index in [4.69, 9.17) is 4.74 Å². The van der Waals surface area contributed by atoms with Gasteiger partial charge in [0.25, 0.3) is 0 Å². The van der Waals surface area contributed by atoms with Gasteiger partial charge >= 0.3 is 0 Å². The lowest BCUT2D eigenvalue weighted by atomic mass is 10.1. The minimum Gasteiger partial charge on any atom is -0.489 e. The molecule has 9 heteroatoms. The smallest absolute Gasteiger partial charge is 0.244 e. The molecule has 0 heterocycles. The van der Waals surface area contributed by atoms with Crippen LogP contribution in [0.3, 0.4) is 0 Å². The summed E-state index contributed by atoms with van der Waals surface area (Å²) in [6.45, 7) is 6.58. The number of carbonyl (C=O) groups excluding carboxylic acids is 2. The molecule has 0 aromatic heterocycles. The molecule has 0 saturated carbocycles. The summed E-state index contributed by atoms with van der Waals surface area (Å²) in [6, 6.07) is 25.3. The lowest BCUT2D eigenvalue weighted by Gasteiger charge is -2.33. The predicted octanol–water partition coefficient (Wildman–Crippen LogP) is 4.65. The van der Waals surface area contributed by atoms with Crippen LogP contribution in [-0.4, -0.2) is 57.1 Å². The van der Waals surface area contributed by atoms with Crippen molar-refractivity contribution in [2.45, 2.75) is 46.3 Å². The Bertz CT molecular complexity index is 1350. The third kappa shape index (κ3) is 9.93. The lowest BCUT2D eigenvalue weighted by molar-refractivity contribution is -0.139. The summed E-state index contributed by atoms with van der Waals surface area (Å²) in [4.78, 5) is 28.4. The molecule has 41 heavy (non-hydrogen) atoms. The van der Waals surface area contributed by atoms with E-state index < -0.39 is 28.5 Å². The minimum absolute atomic E-state index is 0.242. The molecule has 0 fully saturated rings. The van der Waals surface area contributed by atoms with Gasteiger partial charge < -0.3 is 15.0 Å². The fourth-order valence-electron chi connectivity index (χ4n) is 4.38. The molecule has 0 saturated heterocycles. The van der Waals surface area contributed by atoms with Gasteiger partial charge in [-0.2, -0.15) is 0 Å². The molecule has 3 aromatic carbocycles. The molecule has 0 bridgehead atoms. The Morgan fingerprint density at radius 1 is 0.878 bits per heavy atom. The van der Waals surface area contributed by atoms with Crippen molar-refractivity contribution in [3.8, 4) is 5.75 Å². The van der Waals surface area contributed by atoms with Gasteiger partial charge in [0.1, 0.15) is 24.9 Å². The summed E-state index contributed by atoms with van der Waals surface area (Å²) in [5.74, 6) is 0.149. The molecule has 1 atom stereocenters. The van der Waals surface area contributed by atoms with Crippen molar-refractivity contribution < 1.29 is 22.7 Å². The van der Waals surface area contributed by atoms with Crippen molar-refractivity contribution in [1.29, 1.82) is 0 Å². The molecular formula is C32H41N3O5S. The Morgan fingerprint density at radius 3 is 2.00 bits per heavy atom. The van der Waals surface area contributed by atoms with Crippen LogP contribution in [0.4, 0.5) is 5.69 Å². The third-order valence-corrected chi connectivity index (χ3v) is 7.75. The number of anilines is 1. The molecule has 0 aliphatic heterocycles. The van der Waals surface area contributed by atoms with Crippen molar-refractivity contribution >= 4 is 27.5 Å². The molecule has 3 aromatic rings. The Morgan fingerprint density at radius 2 is 1.46 bits per heavy atom. The number of ether oxygens (including phenoxy) is 1. The molecule has 1 N–H and O–H groups in total. The number of rotatable bonds is 15. The zero-order valence-corrected chi connectivity index (χ0v) is 25.1. The van der Waals surface area contributed by atoms with Crippen molar-refractivity contribution in [3.63, 3.8) is 0 Å². The van der Waals surface area contributed by atoms with Crippen LogP contribution in [0, 0.1) is 5.92 Å². The maximum atomic E-state index is 13.8. The first-order valence-electron chi connectivity index (χ1n) is 13.9. The first-order valence-corrected chi connectivity index (χ1v) is 15.8. The third-order valence-electron chi connectivity index (χ3n) is 6.61. The summed E-state index contributed by atoms with van der Waals surface area (Å²) in [7, 11) is -3.81. The molecule has 220 valence electrons. The highest BCUT2D eigenvalue weighted by atomic mass is 32.2. The summed E-state index contributed by atoms with van der Waals surface area (Å²) in [6.07, 6.45) is 2.00. The van der Waals surface area contributed by atoms with Crippen LogP contribution in [0.15, 0.2) is 84.9 Å². The zero-order chi connectivity index (χ0) is 29.8. The molecular weight excluding hydrogens is 538 g/mol. The number of benzene rings is 3. The van der Waals surface area contributed by atoms with Gasteiger partial charge in [0.05, 0.1) is 11.9 Å². The quantitative estimate of drug-likeness (QED) is 0.283. The first kappa shape index (κ1) is 31.7. The van der Waals surface area contributed by atoms with Crippen LogP contribution in [-0.2, 0) is 32.6 Å². The van der Waals surface area contributed by atoms with Gasteiger partial charge in [-0.3, -0.25) is 13.9 Å². The average molecular weight is 580 g/mol. The van der Waals surface area contributed by atoms with Crippen molar-refractivity contribution in [2.24, 2.45) is 5.92 Å². The zero-order valence-electron chi connectivity index (χ0n) is 24.3. The SMILES string of the molecule is CC[C@H](C(=O)NCC(C)C)N(CCc1ccccc1)C(=O)CN(c1ccc(OCc2ccccc2)cc1)S(C)(=O)=O. The van der Waals surface area contributed by atoms with Crippen molar-refractivity contribution in [2.75, 3.05) is 30.2 Å². The molecule has 0 aliphatic carbocycles. The average Bonchev–Trinajstić information content (AvgIpc) is 2.96. The standard InChI is InChI=1S/C32H41N3O5S/c1-5-30(32(37)33-22-25(2)3)34(21-20-26-12-8-6-9-13-26)31(36)23-35(41(4,38)39)28-16-18-29(19-17-28)40-24-27-14-10-7-11-15-27/h6-19,25,30H,5,20-24H2,1-4H3,(H,33,37)/t30-/m1/s1. The molecule has 0 unspecified atom stereocenters. The van der Waals surface area contributed by atoms with Gasteiger partial charge in [-0.25, -0.2) is 8.42 Å². The number of nitrogens with zero attached hydrogens (tertiary/aromatic N) is 2. The second kappa shape index (κ2) is 15.2. The Labute approximate surface area is 244 Å². The topological polar surface area (TPSA) is 96.0 Å². The van der Waals surface area contributed by atoms with E-state index in [0.717, 1.165) is 21.7 Å². The highest BCUT2D eigenvalue weighted by Gasteiger charge is 2.31. The summed E-state index contributed by atoms with van der Waals surface area (Å²) in [5, 5.41) is 2.93. The minimum atomic E-state index is -3.81. The van der Waals surface area contributed by atoms with E-state index in [2.05, 4.69) is 5.32 Å². The van der Waals surface area contributed by atoms with E-state index >= 15 is 0 Å². The summed E-state index contributed by atoms with van der Waals surface area (Å²) in [5.41, 5.74) is 2.38. The second-order valence-electron chi connectivity index (χ2n) is 10.4. The van der Waals surface area contributed by atoms with Crippen molar-refractivity contribution in [1.82, 2.24) is 10.2 Å². The van der Waals surface area contributed by atoms with Crippen LogP contribution >= 0.6 is 0 Å². The van der Waals surface area contributed by atoms with E-state index in [1.54, 1.807) is 24.3 Å². The molecule has 0 radical (unpaired) electrons. The second-order valence-corrected chi connectivity index (χ2v) is 12.3. The Kier molecular flexibility index (Phi) is 11.8. The number of sulfonamides is 1. The number of nitrogens with one attached hydrogen (secondary N) is 1. The van der Waals surface area contributed by atoms with Crippen LogP contribution in [0.25, 0.3) is 0 Å². The van der Waals surface area contributed by atoms with Gasteiger partial charge in [0.15, 0.2) is 0 Å². The van der Waals surface area contributed by atoms with E-state index in [-0.39, 0.29) is 18.4 Å². The summed E-state index contributed by atoms with van der Waals surface area (Å²) < 4.78 is 32.6. The summed E-state index contributed by atoms with van der Waals surface area (Å²) >= 11 is 0. The highest BCUT2D eigenvalue weighted by Crippen LogP contribution is 2.23. The van der Waals surface area contributed by atoms with Gasteiger partial charge in [0, 0.05) is 13.1 Å². The van der Waals surface area contributed by atoms with Crippen molar-refractivity contribution in [3.05, 3.63) is 96.1 Å². The largest absolute Gasteiger partial charge is 0.489 e.